The lowest BCUT2D eigenvalue weighted by Gasteiger charge is -2.06. The zero-order chi connectivity index (χ0) is 16.7. The van der Waals surface area contributed by atoms with Gasteiger partial charge in [-0.15, -0.1) is 0 Å². The molecule has 1 amide bonds. The first-order valence-corrected chi connectivity index (χ1v) is 7.23. The monoisotopic (exact) mass is 312 g/mol. The summed E-state index contributed by atoms with van der Waals surface area (Å²) < 4.78 is 10.3. The van der Waals surface area contributed by atoms with Gasteiger partial charge in [-0.25, -0.2) is 5.43 Å². The molecule has 0 saturated heterocycles. The van der Waals surface area contributed by atoms with Crippen molar-refractivity contribution < 1.29 is 14.3 Å². The Kier molecular flexibility index (Phi) is 5.74. The fourth-order valence-electron chi connectivity index (χ4n) is 2.03. The van der Waals surface area contributed by atoms with E-state index in [9.17, 15) is 4.79 Å². The lowest BCUT2D eigenvalue weighted by Crippen LogP contribution is -2.21. The summed E-state index contributed by atoms with van der Waals surface area (Å²) in [6, 6.07) is 14.9. The summed E-state index contributed by atoms with van der Waals surface area (Å²) in [7, 11) is 3.22. The second-order valence-electron chi connectivity index (χ2n) is 4.99. The number of rotatable bonds is 6. The molecule has 5 nitrogen and oxygen atoms in total. The number of amides is 1. The fourth-order valence-corrected chi connectivity index (χ4v) is 2.03. The Morgan fingerprint density at radius 1 is 1.04 bits per heavy atom. The minimum absolute atomic E-state index is 0.169. The van der Waals surface area contributed by atoms with Gasteiger partial charge in [0.15, 0.2) is 0 Å². The molecule has 2 rings (SSSR count). The molecule has 2 aromatic rings. The highest BCUT2D eigenvalue weighted by Gasteiger charge is 2.04. The van der Waals surface area contributed by atoms with E-state index in [4.69, 9.17) is 9.47 Å². The number of carbonyl (C=O) groups excluding carboxylic acids is 1. The third-order valence-corrected chi connectivity index (χ3v) is 3.36. The predicted octanol–water partition coefficient (Wildman–Crippen LogP) is 2.79. The molecule has 23 heavy (non-hydrogen) atoms. The fraction of sp³-hybridized carbons (Fsp3) is 0.222. The van der Waals surface area contributed by atoms with Crippen LogP contribution < -0.4 is 14.9 Å². The van der Waals surface area contributed by atoms with Crippen LogP contribution in [0.5, 0.6) is 11.5 Å². The van der Waals surface area contributed by atoms with Crippen molar-refractivity contribution >= 4 is 11.6 Å². The minimum atomic E-state index is -0.169. The maximum absolute atomic E-state index is 12.0. The van der Waals surface area contributed by atoms with Crippen LogP contribution in [-0.2, 0) is 11.2 Å². The summed E-state index contributed by atoms with van der Waals surface area (Å²) in [5.41, 5.74) is 5.09. The quantitative estimate of drug-likeness (QED) is 0.659. The average molecular weight is 312 g/mol. The SMILES string of the molecule is COc1ccc(CC(=O)NN=C(C)c2cccc(OC)c2)cc1. The van der Waals surface area contributed by atoms with Crippen LogP contribution in [0.3, 0.4) is 0 Å². The van der Waals surface area contributed by atoms with E-state index in [2.05, 4.69) is 10.5 Å². The van der Waals surface area contributed by atoms with Crippen LogP contribution in [0.2, 0.25) is 0 Å². The Labute approximate surface area is 135 Å². The van der Waals surface area contributed by atoms with Crippen LogP contribution in [0, 0.1) is 0 Å². The first kappa shape index (κ1) is 16.5. The van der Waals surface area contributed by atoms with Crippen molar-refractivity contribution in [1.82, 2.24) is 5.43 Å². The lowest BCUT2D eigenvalue weighted by atomic mass is 10.1. The summed E-state index contributed by atoms with van der Waals surface area (Å²) in [4.78, 5) is 12.0. The number of carbonyl (C=O) groups is 1. The van der Waals surface area contributed by atoms with E-state index in [1.54, 1.807) is 14.2 Å². The molecule has 2 aromatic carbocycles. The Morgan fingerprint density at radius 2 is 1.74 bits per heavy atom. The van der Waals surface area contributed by atoms with E-state index in [1.807, 2.05) is 55.5 Å². The van der Waals surface area contributed by atoms with Crippen molar-refractivity contribution in [2.45, 2.75) is 13.3 Å². The number of ether oxygens (including phenoxy) is 2. The predicted molar refractivity (Wildman–Crippen MR) is 90.0 cm³/mol. The van der Waals surface area contributed by atoms with E-state index < -0.39 is 0 Å². The molecule has 0 unspecified atom stereocenters. The first-order chi connectivity index (χ1) is 11.1. The highest BCUT2D eigenvalue weighted by atomic mass is 16.5. The molecule has 1 N–H and O–H groups in total. The number of nitrogens with one attached hydrogen (secondary N) is 1. The molecule has 0 heterocycles. The molecular weight excluding hydrogens is 292 g/mol. The Hall–Kier alpha value is -2.82. The zero-order valence-corrected chi connectivity index (χ0v) is 13.5. The molecule has 120 valence electrons. The summed E-state index contributed by atoms with van der Waals surface area (Å²) in [6.07, 6.45) is 0.263. The Balaban J connectivity index is 1.96. The first-order valence-electron chi connectivity index (χ1n) is 7.23. The molecule has 0 saturated carbocycles. The molecule has 0 aliphatic carbocycles. The molecule has 0 fully saturated rings. The number of benzene rings is 2. The van der Waals surface area contributed by atoms with Crippen LogP contribution in [-0.4, -0.2) is 25.8 Å². The van der Waals surface area contributed by atoms with Gasteiger partial charge in [-0.2, -0.15) is 5.10 Å². The molecule has 0 aliphatic heterocycles. The van der Waals surface area contributed by atoms with Crippen LogP contribution in [0.4, 0.5) is 0 Å². The van der Waals surface area contributed by atoms with Crippen molar-refractivity contribution in [1.29, 1.82) is 0 Å². The third kappa shape index (κ3) is 4.85. The van der Waals surface area contributed by atoms with Gasteiger partial charge in [0.1, 0.15) is 11.5 Å². The van der Waals surface area contributed by atoms with Crippen LogP contribution in [0.25, 0.3) is 0 Å². The van der Waals surface area contributed by atoms with E-state index in [-0.39, 0.29) is 12.3 Å². The van der Waals surface area contributed by atoms with Gasteiger partial charge >= 0.3 is 0 Å². The minimum Gasteiger partial charge on any atom is -0.497 e. The van der Waals surface area contributed by atoms with Gasteiger partial charge in [0.2, 0.25) is 5.91 Å². The van der Waals surface area contributed by atoms with Crippen LogP contribution >= 0.6 is 0 Å². The van der Waals surface area contributed by atoms with E-state index in [0.717, 1.165) is 22.6 Å². The van der Waals surface area contributed by atoms with E-state index in [1.165, 1.54) is 0 Å². The van der Waals surface area contributed by atoms with Crippen LogP contribution in [0.15, 0.2) is 53.6 Å². The molecule has 0 bridgehead atoms. The zero-order valence-electron chi connectivity index (χ0n) is 13.5. The van der Waals surface area contributed by atoms with Crippen molar-refractivity contribution in [2.24, 2.45) is 5.10 Å². The second kappa shape index (κ2) is 7.98. The maximum Gasteiger partial charge on any atom is 0.244 e. The normalized spacial score (nSPS) is 11.0. The van der Waals surface area contributed by atoms with Gasteiger partial charge in [0, 0.05) is 5.56 Å². The Morgan fingerprint density at radius 3 is 2.39 bits per heavy atom. The smallest absolute Gasteiger partial charge is 0.244 e. The van der Waals surface area contributed by atoms with Gasteiger partial charge in [0.05, 0.1) is 26.4 Å². The van der Waals surface area contributed by atoms with Gasteiger partial charge in [-0.1, -0.05) is 24.3 Å². The summed E-state index contributed by atoms with van der Waals surface area (Å²) in [5.74, 6) is 1.35. The topological polar surface area (TPSA) is 59.9 Å². The van der Waals surface area contributed by atoms with E-state index >= 15 is 0 Å². The molecule has 0 aliphatic rings. The number of hydrogen-bond donors (Lipinski definition) is 1. The van der Waals surface area contributed by atoms with Crippen molar-refractivity contribution in [3.63, 3.8) is 0 Å². The Bertz CT molecular complexity index is 694. The second-order valence-corrected chi connectivity index (χ2v) is 4.99. The highest BCUT2D eigenvalue weighted by Crippen LogP contribution is 2.13. The summed E-state index contributed by atoms with van der Waals surface area (Å²) >= 11 is 0. The van der Waals surface area contributed by atoms with Gasteiger partial charge in [-0.3, -0.25) is 4.79 Å². The number of nitrogens with zero attached hydrogens (tertiary/aromatic N) is 1. The van der Waals surface area contributed by atoms with Crippen molar-refractivity contribution in [2.75, 3.05) is 14.2 Å². The average Bonchev–Trinajstić information content (AvgIpc) is 2.60. The standard InChI is InChI=1S/C18H20N2O3/c1-13(15-5-4-6-17(12-15)23-3)19-20-18(21)11-14-7-9-16(22-2)10-8-14/h4-10,12H,11H2,1-3H3,(H,20,21). The van der Waals surface area contributed by atoms with Gasteiger partial charge in [-0.05, 0) is 36.8 Å². The largest absolute Gasteiger partial charge is 0.497 e. The number of methoxy groups -OCH3 is 2. The molecule has 0 spiro atoms. The molecule has 0 aromatic heterocycles. The van der Waals surface area contributed by atoms with Crippen molar-refractivity contribution in [3.8, 4) is 11.5 Å². The van der Waals surface area contributed by atoms with Gasteiger partial charge < -0.3 is 9.47 Å². The number of hydrazone groups is 1. The lowest BCUT2D eigenvalue weighted by molar-refractivity contribution is -0.120. The van der Waals surface area contributed by atoms with Gasteiger partial charge in [0.25, 0.3) is 0 Å². The molecule has 0 radical (unpaired) electrons. The van der Waals surface area contributed by atoms with Crippen LogP contribution in [0.1, 0.15) is 18.1 Å². The summed E-state index contributed by atoms with van der Waals surface area (Å²) in [5, 5.41) is 4.14. The molecule has 5 heteroatoms. The molecular formula is C18H20N2O3. The maximum atomic E-state index is 12.0. The molecule has 0 atom stereocenters. The van der Waals surface area contributed by atoms with Crippen molar-refractivity contribution in [3.05, 3.63) is 59.7 Å². The highest BCUT2D eigenvalue weighted by molar-refractivity contribution is 5.99. The number of hydrogen-bond acceptors (Lipinski definition) is 4. The summed E-state index contributed by atoms with van der Waals surface area (Å²) in [6.45, 7) is 1.84. The van der Waals surface area contributed by atoms with E-state index in [0.29, 0.717) is 5.71 Å². The third-order valence-electron chi connectivity index (χ3n) is 3.36.